The van der Waals surface area contributed by atoms with E-state index in [0.29, 0.717) is 6.42 Å². The zero-order chi connectivity index (χ0) is 13.7. The quantitative estimate of drug-likeness (QED) is 0.815. The second-order valence-corrected chi connectivity index (χ2v) is 4.82. The lowest BCUT2D eigenvalue weighted by Crippen LogP contribution is -2.22. The Hall–Kier alpha value is -1.35. The van der Waals surface area contributed by atoms with Gasteiger partial charge in [0, 0.05) is 0 Å². The lowest BCUT2D eigenvalue weighted by atomic mass is 9.88. The number of benzene rings is 1. The summed E-state index contributed by atoms with van der Waals surface area (Å²) in [5, 5.41) is 19.5. The summed E-state index contributed by atoms with van der Waals surface area (Å²) in [6.45, 7) is 5.91. The fraction of sp³-hybridized carbons (Fsp3) is 0.533. The van der Waals surface area contributed by atoms with Crippen LogP contribution in [-0.2, 0) is 4.79 Å². The highest BCUT2D eigenvalue weighted by Gasteiger charge is 2.28. The van der Waals surface area contributed by atoms with Gasteiger partial charge in [-0.05, 0) is 37.0 Å². The number of carboxylic acid groups (broad SMARTS) is 1. The Labute approximate surface area is 108 Å². The Kier molecular flexibility index (Phi) is 5.35. The zero-order valence-electron chi connectivity index (χ0n) is 11.3. The maximum Gasteiger partial charge on any atom is 0.309 e. The van der Waals surface area contributed by atoms with Gasteiger partial charge in [-0.25, -0.2) is 0 Å². The minimum Gasteiger partial charge on any atom is -0.481 e. The number of hydrogen-bond acceptors (Lipinski definition) is 2. The number of unbranched alkanes of at least 4 members (excludes halogenated alkanes) is 1. The molecule has 0 saturated carbocycles. The number of carbonyl (C=O) groups is 1. The molecule has 0 aromatic heterocycles. The highest BCUT2D eigenvalue weighted by molar-refractivity contribution is 5.71. The predicted octanol–water partition coefficient (Wildman–Crippen LogP) is 3.23. The average Bonchev–Trinajstić information content (AvgIpc) is 2.32. The van der Waals surface area contributed by atoms with Crippen LogP contribution in [-0.4, -0.2) is 16.2 Å². The van der Waals surface area contributed by atoms with Gasteiger partial charge in [-0.1, -0.05) is 38.0 Å². The summed E-state index contributed by atoms with van der Waals surface area (Å²) in [6.07, 6.45) is 1.34. The van der Waals surface area contributed by atoms with Crippen molar-refractivity contribution in [1.29, 1.82) is 0 Å². The van der Waals surface area contributed by atoms with Crippen LogP contribution in [0.1, 0.15) is 49.0 Å². The largest absolute Gasteiger partial charge is 0.481 e. The van der Waals surface area contributed by atoms with Crippen LogP contribution in [0.15, 0.2) is 18.2 Å². The van der Waals surface area contributed by atoms with Crippen molar-refractivity contribution in [2.24, 2.45) is 5.92 Å². The topological polar surface area (TPSA) is 57.5 Å². The van der Waals surface area contributed by atoms with Crippen LogP contribution in [0.4, 0.5) is 0 Å². The molecule has 0 radical (unpaired) electrons. The third-order valence-electron chi connectivity index (χ3n) is 3.53. The van der Waals surface area contributed by atoms with Gasteiger partial charge in [-0.2, -0.15) is 0 Å². The van der Waals surface area contributed by atoms with Crippen LogP contribution in [0, 0.1) is 19.8 Å². The highest BCUT2D eigenvalue weighted by Crippen LogP contribution is 2.29. The van der Waals surface area contributed by atoms with Gasteiger partial charge in [0.25, 0.3) is 0 Å². The molecule has 0 bridgehead atoms. The van der Waals surface area contributed by atoms with E-state index < -0.39 is 18.0 Å². The second-order valence-electron chi connectivity index (χ2n) is 4.82. The van der Waals surface area contributed by atoms with E-state index in [1.807, 2.05) is 39.0 Å². The fourth-order valence-corrected chi connectivity index (χ4v) is 2.15. The number of aliphatic hydroxyl groups excluding tert-OH is 1. The van der Waals surface area contributed by atoms with Crippen molar-refractivity contribution < 1.29 is 15.0 Å². The molecule has 1 rings (SSSR count). The van der Waals surface area contributed by atoms with Crippen LogP contribution in [0.3, 0.4) is 0 Å². The normalized spacial score (nSPS) is 14.2. The molecular formula is C15H22O3. The molecule has 2 N–H and O–H groups in total. The Morgan fingerprint density at radius 3 is 2.56 bits per heavy atom. The first-order valence-corrected chi connectivity index (χ1v) is 6.46. The first-order valence-electron chi connectivity index (χ1n) is 6.46. The van der Waals surface area contributed by atoms with Gasteiger partial charge < -0.3 is 10.2 Å². The molecule has 0 aliphatic heterocycles. The summed E-state index contributed by atoms with van der Waals surface area (Å²) < 4.78 is 0. The number of aryl methyl sites for hydroxylation is 1. The molecule has 1 aromatic rings. The molecule has 0 aliphatic carbocycles. The van der Waals surface area contributed by atoms with E-state index in [2.05, 4.69) is 0 Å². The molecule has 3 heteroatoms. The summed E-state index contributed by atoms with van der Waals surface area (Å²) in [7, 11) is 0. The van der Waals surface area contributed by atoms with Crippen molar-refractivity contribution in [3.63, 3.8) is 0 Å². The van der Waals surface area contributed by atoms with Crippen LogP contribution in [0.25, 0.3) is 0 Å². The summed E-state index contributed by atoms with van der Waals surface area (Å²) in [4.78, 5) is 11.3. The lowest BCUT2D eigenvalue weighted by molar-refractivity contribution is -0.146. The number of aliphatic carboxylic acids is 1. The Morgan fingerprint density at radius 1 is 1.33 bits per heavy atom. The Bertz CT molecular complexity index is 412. The van der Waals surface area contributed by atoms with Gasteiger partial charge >= 0.3 is 5.97 Å². The predicted molar refractivity (Wildman–Crippen MR) is 71.5 cm³/mol. The Balaban J connectivity index is 2.98. The number of rotatable bonds is 6. The maximum atomic E-state index is 11.3. The molecule has 0 fully saturated rings. The van der Waals surface area contributed by atoms with Crippen LogP contribution >= 0.6 is 0 Å². The smallest absolute Gasteiger partial charge is 0.309 e. The third-order valence-corrected chi connectivity index (χ3v) is 3.53. The van der Waals surface area contributed by atoms with Gasteiger partial charge in [0.2, 0.25) is 0 Å². The van der Waals surface area contributed by atoms with Crippen molar-refractivity contribution in [3.8, 4) is 0 Å². The molecule has 0 spiro atoms. The van der Waals surface area contributed by atoms with Crippen molar-refractivity contribution >= 4 is 5.97 Å². The van der Waals surface area contributed by atoms with Crippen molar-refractivity contribution in [3.05, 3.63) is 34.9 Å². The van der Waals surface area contributed by atoms with Crippen LogP contribution in [0.2, 0.25) is 0 Å². The van der Waals surface area contributed by atoms with Gasteiger partial charge in [0.15, 0.2) is 0 Å². The van der Waals surface area contributed by atoms with Gasteiger partial charge in [0.1, 0.15) is 0 Å². The molecule has 1 aromatic carbocycles. The summed E-state index contributed by atoms with van der Waals surface area (Å²) in [5.41, 5.74) is 2.79. The van der Waals surface area contributed by atoms with E-state index in [0.717, 1.165) is 29.5 Å². The SMILES string of the molecule is CCCCC(C(=O)O)C(O)c1cccc(C)c1C. The zero-order valence-corrected chi connectivity index (χ0v) is 11.3. The molecule has 18 heavy (non-hydrogen) atoms. The summed E-state index contributed by atoms with van der Waals surface area (Å²) >= 11 is 0. The second kappa shape index (κ2) is 6.55. The minimum absolute atomic E-state index is 0.514. The highest BCUT2D eigenvalue weighted by atomic mass is 16.4. The van der Waals surface area contributed by atoms with E-state index in [1.54, 1.807) is 0 Å². The number of carboxylic acids is 1. The molecule has 2 atom stereocenters. The molecule has 0 saturated heterocycles. The molecule has 0 amide bonds. The third kappa shape index (κ3) is 3.33. The number of aliphatic hydroxyl groups is 1. The average molecular weight is 250 g/mol. The van der Waals surface area contributed by atoms with Gasteiger partial charge in [-0.3, -0.25) is 4.79 Å². The summed E-state index contributed by atoms with van der Waals surface area (Å²) in [6, 6.07) is 5.64. The van der Waals surface area contributed by atoms with E-state index in [-0.39, 0.29) is 0 Å². The molecule has 0 heterocycles. The molecular weight excluding hydrogens is 228 g/mol. The van der Waals surface area contributed by atoms with Crippen LogP contribution < -0.4 is 0 Å². The van der Waals surface area contributed by atoms with Crippen molar-refractivity contribution in [2.45, 2.75) is 46.1 Å². The standard InChI is InChI=1S/C15H22O3/c1-4-5-8-13(15(17)18)14(16)12-9-6-7-10(2)11(12)3/h6-7,9,13-14,16H,4-5,8H2,1-3H3,(H,17,18). The first kappa shape index (κ1) is 14.7. The lowest BCUT2D eigenvalue weighted by Gasteiger charge is -2.21. The van der Waals surface area contributed by atoms with Gasteiger partial charge in [-0.15, -0.1) is 0 Å². The molecule has 100 valence electrons. The monoisotopic (exact) mass is 250 g/mol. The molecule has 2 unspecified atom stereocenters. The van der Waals surface area contributed by atoms with Crippen LogP contribution in [0.5, 0.6) is 0 Å². The van der Waals surface area contributed by atoms with E-state index >= 15 is 0 Å². The fourth-order valence-electron chi connectivity index (χ4n) is 2.15. The molecule has 0 aliphatic rings. The van der Waals surface area contributed by atoms with Gasteiger partial charge in [0.05, 0.1) is 12.0 Å². The Morgan fingerprint density at radius 2 is 2.00 bits per heavy atom. The minimum atomic E-state index is -0.922. The van der Waals surface area contributed by atoms with Crippen molar-refractivity contribution in [1.82, 2.24) is 0 Å². The number of hydrogen-bond donors (Lipinski definition) is 2. The van der Waals surface area contributed by atoms with Crippen molar-refractivity contribution in [2.75, 3.05) is 0 Å². The van der Waals surface area contributed by atoms with E-state index in [1.165, 1.54) is 0 Å². The maximum absolute atomic E-state index is 11.3. The summed E-state index contributed by atoms with van der Waals surface area (Å²) in [5.74, 6) is -1.64. The van der Waals surface area contributed by atoms with E-state index in [9.17, 15) is 15.0 Å². The first-order chi connectivity index (χ1) is 8.49. The molecule has 3 nitrogen and oxygen atoms in total. The van der Waals surface area contributed by atoms with E-state index in [4.69, 9.17) is 0 Å².